The van der Waals surface area contributed by atoms with Crippen LogP contribution < -0.4 is 4.74 Å². The summed E-state index contributed by atoms with van der Waals surface area (Å²) in [4.78, 5) is 12.2. The van der Waals surface area contributed by atoms with Gasteiger partial charge in [0, 0.05) is 36.8 Å². The number of rotatable bonds is 7. The summed E-state index contributed by atoms with van der Waals surface area (Å²) in [5.74, 6) is -0.107. The Kier molecular flexibility index (Phi) is 6.55. The van der Waals surface area contributed by atoms with E-state index in [0.29, 0.717) is 16.9 Å². The van der Waals surface area contributed by atoms with Gasteiger partial charge in [-0.2, -0.15) is 5.26 Å². The maximum absolute atomic E-state index is 12.2. The van der Waals surface area contributed by atoms with Crippen LogP contribution in [0, 0.1) is 25.2 Å². The van der Waals surface area contributed by atoms with Crippen LogP contribution in [0.1, 0.15) is 34.0 Å². The number of esters is 1. The lowest BCUT2D eigenvalue weighted by molar-refractivity contribution is 0.0438. The topological polar surface area (TPSA) is 73.5 Å². The molecule has 0 spiro atoms. The quantitative estimate of drug-likeness (QED) is 0.418. The average molecular weight is 404 g/mol. The number of ether oxygens (including phenoxy) is 3. The highest BCUT2D eigenvalue weighted by molar-refractivity contribution is 5.93. The number of carbonyl (C=O) groups is 1. The third kappa shape index (κ3) is 4.37. The highest BCUT2D eigenvalue weighted by Gasteiger charge is 2.17. The average Bonchev–Trinajstić information content (AvgIpc) is 3.16. The number of methoxy groups -OCH3 is 1. The van der Waals surface area contributed by atoms with E-state index < -0.39 is 5.97 Å². The van der Waals surface area contributed by atoms with Gasteiger partial charge < -0.3 is 18.8 Å². The van der Waals surface area contributed by atoms with Crippen molar-refractivity contribution in [2.75, 3.05) is 20.5 Å². The van der Waals surface area contributed by atoms with E-state index in [-0.39, 0.29) is 13.4 Å². The second-order valence-corrected chi connectivity index (χ2v) is 6.87. The lowest BCUT2D eigenvalue weighted by Crippen LogP contribution is -2.10. The first-order valence-electron chi connectivity index (χ1n) is 9.61. The van der Waals surface area contributed by atoms with Crippen molar-refractivity contribution in [3.05, 3.63) is 71.0 Å². The third-order valence-electron chi connectivity index (χ3n) is 4.71. The van der Waals surface area contributed by atoms with Crippen molar-refractivity contribution in [2.24, 2.45) is 0 Å². The first-order valence-corrected chi connectivity index (χ1v) is 9.61. The molecule has 0 amide bonds. The molecule has 2 aromatic carbocycles. The Morgan fingerprint density at radius 3 is 2.57 bits per heavy atom. The largest absolute Gasteiger partial charge is 0.467 e. The molecule has 1 heterocycles. The summed E-state index contributed by atoms with van der Waals surface area (Å²) in [6.45, 7) is 6.09. The fourth-order valence-electron chi connectivity index (χ4n) is 3.31. The number of aryl methyl sites for hydroxylation is 2. The molecule has 0 fully saturated rings. The van der Waals surface area contributed by atoms with Crippen molar-refractivity contribution in [1.82, 2.24) is 4.57 Å². The summed E-state index contributed by atoms with van der Waals surface area (Å²) in [6, 6.07) is 13.6. The van der Waals surface area contributed by atoms with Gasteiger partial charge in [0.2, 0.25) is 0 Å². The van der Waals surface area contributed by atoms with Crippen LogP contribution >= 0.6 is 0 Å². The van der Waals surface area contributed by atoms with Crippen LogP contribution in [0.15, 0.2) is 48.8 Å². The fourth-order valence-corrected chi connectivity index (χ4v) is 3.31. The van der Waals surface area contributed by atoms with Crippen LogP contribution in [0.3, 0.4) is 0 Å². The molecule has 0 bridgehead atoms. The zero-order valence-electron chi connectivity index (χ0n) is 17.6. The van der Waals surface area contributed by atoms with Gasteiger partial charge in [-0.3, -0.25) is 0 Å². The Morgan fingerprint density at radius 1 is 1.10 bits per heavy atom. The molecule has 3 rings (SSSR count). The zero-order chi connectivity index (χ0) is 21.7. The molecule has 0 aliphatic rings. The van der Waals surface area contributed by atoms with E-state index in [9.17, 15) is 10.1 Å². The number of hydrogen-bond acceptors (Lipinski definition) is 5. The van der Waals surface area contributed by atoms with Crippen molar-refractivity contribution < 1.29 is 19.0 Å². The first-order chi connectivity index (χ1) is 14.5. The van der Waals surface area contributed by atoms with E-state index in [0.717, 1.165) is 22.4 Å². The van der Waals surface area contributed by atoms with Gasteiger partial charge in [0.1, 0.15) is 17.4 Å². The molecule has 3 aromatic rings. The van der Waals surface area contributed by atoms with Crippen molar-refractivity contribution in [3.63, 3.8) is 0 Å². The molecule has 6 nitrogen and oxygen atoms in total. The summed E-state index contributed by atoms with van der Waals surface area (Å²) < 4.78 is 17.5. The van der Waals surface area contributed by atoms with E-state index in [2.05, 4.69) is 12.1 Å². The Balaban J connectivity index is 2.06. The maximum Gasteiger partial charge on any atom is 0.341 e. The number of aromatic nitrogens is 1. The molecular formula is C24H24N2O4. The van der Waals surface area contributed by atoms with Gasteiger partial charge in [0.25, 0.3) is 0 Å². The van der Waals surface area contributed by atoms with Gasteiger partial charge in [-0.25, -0.2) is 4.79 Å². The van der Waals surface area contributed by atoms with Crippen molar-refractivity contribution in [2.45, 2.75) is 20.8 Å². The van der Waals surface area contributed by atoms with Crippen molar-refractivity contribution in [1.29, 1.82) is 5.26 Å². The molecule has 154 valence electrons. The number of benzene rings is 2. The normalized spacial score (nSPS) is 10.5. The summed E-state index contributed by atoms with van der Waals surface area (Å²) in [7, 11) is 1.51. The number of nitriles is 1. The standard InChI is InChI=1S/C24H24N2O4/c1-5-29-24(27)21-9-7-19(11-23(21)30-15-28-4)26-13-18(12-25)22(14-26)20-8-6-16(2)10-17(20)3/h6-11,13-14H,5,15H2,1-4H3. The van der Waals surface area contributed by atoms with Crippen LogP contribution in [0.4, 0.5) is 0 Å². The predicted molar refractivity (Wildman–Crippen MR) is 114 cm³/mol. The van der Waals surface area contributed by atoms with Crippen LogP contribution in [0.25, 0.3) is 16.8 Å². The highest BCUT2D eigenvalue weighted by atomic mass is 16.7. The predicted octanol–water partition coefficient (Wildman–Crippen LogP) is 4.79. The fraction of sp³-hybridized carbons (Fsp3) is 0.250. The van der Waals surface area contributed by atoms with Crippen LogP contribution in [-0.4, -0.2) is 31.0 Å². The highest BCUT2D eigenvalue weighted by Crippen LogP contribution is 2.31. The monoisotopic (exact) mass is 404 g/mol. The maximum atomic E-state index is 12.2. The van der Waals surface area contributed by atoms with E-state index in [1.165, 1.54) is 12.7 Å². The second kappa shape index (κ2) is 9.29. The van der Waals surface area contributed by atoms with Gasteiger partial charge in [0.05, 0.1) is 12.2 Å². The smallest absolute Gasteiger partial charge is 0.341 e. The van der Waals surface area contributed by atoms with E-state index >= 15 is 0 Å². The summed E-state index contributed by atoms with van der Waals surface area (Å²) >= 11 is 0. The van der Waals surface area contributed by atoms with Gasteiger partial charge in [-0.1, -0.05) is 23.8 Å². The van der Waals surface area contributed by atoms with Gasteiger partial charge >= 0.3 is 5.97 Å². The number of hydrogen-bond donors (Lipinski definition) is 0. The minimum atomic E-state index is -0.462. The molecule has 6 heteroatoms. The van der Waals surface area contributed by atoms with Gasteiger partial charge in [-0.15, -0.1) is 0 Å². The van der Waals surface area contributed by atoms with Crippen LogP contribution in [0.2, 0.25) is 0 Å². The number of nitrogens with zero attached hydrogens (tertiary/aromatic N) is 2. The van der Waals surface area contributed by atoms with E-state index in [1.54, 1.807) is 31.3 Å². The molecule has 0 aliphatic heterocycles. The summed E-state index contributed by atoms with van der Waals surface area (Å²) in [5.41, 5.74) is 5.77. The van der Waals surface area contributed by atoms with Crippen LogP contribution in [0.5, 0.6) is 5.75 Å². The minimum Gasteiger partial charge on any atom is -0.467 e. The van der Waals surface area contributed by atoms with Crippen molar-refractivity contribution in [3.8, 4) is 28.6 Å². The first kappa shape index (κ1) is 21.2. The summed E-state index contributed by atoms with van der Waals surface area (Å²) in [6.07, 6.45) is 3.68. The van der Waals surface area contributed by atoms with E-state index in [1.807, 2.05) is 36.7 Å². The molecule has 0 radical (unpaired) electrons. The SMILES string of the molecule is CCOC(=O)c1ccc(-n2cc(C#N)c(-c3ccc(C)cc3C)c2)cc1OCOC. The number of carbonyl (C=O) groups excluding carboxylic acids is 1. The van der Waals surface area contributed by atoms with Crippen LogP contribution in [-0.2, 0) is 9.47 Å². The molecule has 30 heavy (non-hydrogen) atoms. The van der Waals surface area contributed by atoms with Crippen molar-refractivity contribution >= 4 is 5.97 Å². The van der Waals surface area contributed by atoms with Gasteiger partial charge in [0.15, 0.2) is 6.79 Å². The Morgan fingerprint density at radius 2 is 1.90 bits per heavy atom. The third-order valence-corrected chi connectivity index (χ3v) is 4.71. The summed E-state index contributed by atoms with van der Waals surface area (Å²) in [5, 5.41) is 9.67. The molecule has 0 saturated carbocycles. The molecule has 0 aliphatic carbocycles. The lowest BCUT2D eigenvalue weighted by Gasteiger charge is -2.12. The minimum absolute atomic E-state index is 0.00120. The molecule has 0 N–H and O–H groups in total. The molecule has 0 saturated heterocycles. The Hall–Kier alpha value is -3.56. The Bertz CT molecular complexity index is 1110. The second-order valence-electron chi connectivity index (χ2n) is 6.87. The Labute approximate surface area is 176 Å². The lowest BCUT2D eigenvalue weighted by atomic mass is 9.98. The molecule has 0 unspecified atom stereocenters. The molecule has 1 aromatic heterocycles. The van der Waals surface area contributed by atoms with Gasteiger partial charge in [-0.05, 0) is 44.0 Å². The zero-order valence-corrected chi connectivity index (χ0v) is 17.6. The van der Waals surface area contributed by atoms with E-state index in [4.69, 9.17) is 14.2 Å². The molecule has 0 atom stereocenters. The molecular weight excluding hydrogens is 380 g/mol.